The zero-order valence-corrected chi connectivity index (χ0v) is 14.9. The highest BCUT2D eigenvalue weighted by Gasteiger charge is 2.23. The molecule has 136 valence electrons. The van der Waals surface area contributed by atoms with Gasteiger partial charge in [0.05, 0.1) is 5.69 Å². The van der Waals surface area contributed by atoms with Crippen molar-refractivity contribution in [2.75, 3.05) is 38.0 Å². The quantitative estimate of drug-likeness (QED) is 0.773. The van der Waals surface area contributed by atoms with Gasteiger partial charge in [0.25, 0.3) is 0 Å². The van der Waals surface area contributed by atoms with Gasteiger partial charge >= 0.3 is 0 Å². The van der Waals surface area contributed by atoms with Crippen molar-refractivity contribution < 1.29 is 14.3 Å². The molecule has 0 radical (unpaired) electrons. The number of ether oxygens (including phenoxy) is 2. The minimum atomic E-state index is 0.303. The molecule has 0 atom stereocenters. The molecule has 0 spiro atoms. The van der Waals surface area contributed by atoms with Crippen LogP contribution in [-0.4, -0.2) is 49.3 Å². The Labute approximate surface area is 153 Å². The number of carbonyl (C=O) groups excluding carboxylic acids is 1. The van der Waals surface area contributed by atoms with Crippen LogP contribution in [0.5, 0.6) is 11.5 Å². The summed E-state index contributed by atoms with van der Waals surface area (Å²) in [6.45, 7) is 6.65. The van der Waals surface area contributed by atoms with Gasteiger partial charge in [0, 0.05) is 32.7 Å². The summed E-state index contributed by atoms with van der Waals surface area (Å²) < 4.78 is 10.8. The number of hydrazine groups is 1. The number of anilines is 1. The van der Waals surface area contributed by atoms with Crippen LogP contribution in [-0.2, 0) is 11.3 Å². The molecular weight excluding hydrogens is 330 g/mol. The molecule has 6 heteroatoms. The zero-order chi connectivity index (χ0) is 17.9. The Morgan fingerprint density at radius 3 is 2.58 bits per heavy atom. The smallest absolute Gasteiger partial charge is 0.231 e. The molecule has 0 aromatic heterocycles. The van der Waals surface area contributed by atoms with Gasteiger partial charge < -0.3 is 9.47 Å². The molecule has 0 aliphatic carbocycles. The predicted octanol–water partition coefficient (Wildman–Crippen LogP) is 2.42. The van der Waals surface area contributed by atoms with Gasteiger partial charge in [-0.2, -0.15) is 0 Å². The van der Waals surface area contributed by atoms with Crippen molar-refractivity contribution in [2.45, 2.75) is 13.5 Å². The van der Waals surface area contributed by atoms with Crippen LogP contribution >= 0.6 is 0 Å². The van der Waals surface area contributed by atoms with Crippen LogP contribution < -0.4 is 14.5 Å². The maximum absolute atomic E-state index is 11.7. The highest BCUT2D eigenvalue weighted by Crippen LogP contribution is 2.33. The van der Waals surface area contributed by atoms with Gasteiger partial charge in [-0.3, -0.25) is 9.69 Å². The first-order valence-corrected chi connectivity index (χ1v) is 8.90. The normalized spacial score (nSPS) is 17.3. The summed E-state index contributed by atoms with van der Waals surface area (Å²) in [4.78, 5) is 14.1. The van der Waals surface area contributed by atoms with E-state index in [4.69, 9.17) is 9.47 Å². The fourth-order valence-electron chi connectivity index (χ4n) is 3.50. The van der Waals surface area contributed by atoms with E-state index >= 15 is 0 Å². The Morgan fingerprint density at radius 2 is 1.81 bits per heavy atom. The van der Waals surface area contributed by atoms with Gasteiger partial charge in [-0.15, -0.1) is 0 Å². The molecule has 0 bridgehead atoms. The van der Waals surface area contributed by atoms with E-state index in [9.17, 15) is 4.79 Å². The summed E-state index contributed by atoms with van der Waals surface area (Å²) in [6.07, 6.45) is 0.913. The third-order valence-corrected chi connectivity index (χ3v) is 4.96. The summed E-state index contributed by atoms with van der Waals surface area (Å²) in [5.74, 6) is 1.64. The number of rotatable bonds is 5. The second-order valence-corrected chi connectivity index (χ2v) is 6.65. The first kappa shape index (κ1) is 16.9. The lowest BCUT2D eigenvalue weighted by atomic mass is 10.1. The molecule has 6 nitrogen and oxygen atoms in total. The lowest BCUT2D eigenvalue weighted by Gasteiger charge is -2.39. The second kappa shape index (κ2) is 7.35. The highest BCUT2D eigenvalue weighted by atomic mass is 16.7. The van der Waals surface area contributed by atoms with Crippen LogP contribution in [0.4, 0.5) is 5.69 Å². The minimum absolute atomic E-state index is 0.303. The third kappa shape index (κ3) is 3.38. The molecule has 2 aromatic rings. The lowest BCUT2D eigenvalue weighted by molar-refractivity contribution is -0.110. The Kier molecular flexibility index (Phi) is 4.77. The number of para-hydroxylation sites is 1. The number of hydrogen-bond acceptors (Lipinski definition) is 5. The molecule has 4 rings (SSSR count). The summed E-state index contributed by atoms with van der Waals surface area (Å²) in [5.41, 5.74) is 3.27. The van der Waals surface area contributed by atoms with Gasteiger partial charge in [-0.25, -0.2) is 10.0 Å². The van der Waals surface area contributed by atoms with Crippen LogP contribution in [0, 0.1) is 6.92 Å². The predicted molar refractivity (Wildman–Crippen MR) is 99.1 cm³/mol. The first-order valence-electron chi connectivity index (χ1n) is 8.90. The van der Waals surface area contributed by atoms with Crippen LogP contribution in [0.1, 0.15) is 11.1 Å². The van der Waals surface area contributed by atoms with E-state index in [1.54, 1.807) is 5.01 Å². The van der Waals surface area contributed by atoms with Gasteiger partial charge in [-0.1, -0.05) is 24.3 Å². The number of nitrogens with zero attached hydrogens (tertiary/aromatic N) is 3. The highest BCUT2D eigenvalue weighted by molar-refractivity contribution is 5.75. The number of amides is 1. The van der Waals surface area contributed by atoms with Crippen molar-refractivity contribution in [1.82, 2.24) is 9.91 Å². The molecule has 2 aliphatic heterocycles. The van der Waals surface area contributed by atoms with Crippen molar-refractivity contribution in [1.29, 1.82) is 0 Å². The van der Waals surface area contributed by atoms with E-state index in [2.05, 4.69) is 22.0 Å². The lowest BCUT2D eigenvalue weighted by Crippen LogP contribution is -2.53. The molecular formula is C20H23N3O3. The molecule has 26 heavy (non-hydrogen) atoms. The van der Waals surface area contributed by atoms with Crippen molar-refractivity contribution in [3.05, 3.63) is 53.6 Å². The van der Waals surface area contributed by atoms with Crippen molar-refractivity contribution in [2.24, 2.45) is 0 Å². The molecule has 0 unspecified atom stereocenters. The molecule has 1 saturated heterocycles. The van der Waals surface area contributed by atoms with E-state index in [1.807, 2.05) is 37.3 Å². The van der Waals surface area contributed by atoms with Crippen molar-refractivity contribution in [3.63, 3.8) is 0 Å². The maximum Gasteiger partial charge on any atom is 0.231 e. The zero-order valence-electron chi connectivity index (χ0n) is 14.9. The molecule has 2 aromatic carbocycles. The average Bonchev–Trinajstić information content (AvgIpc) is 3.13. The summed E-state index contributed by atoms with van der Waals surface area (Å²) >= 11 is 0. The Balaban J connectivity index is 1.38. The largest absolute Gasteiger partial charge is 0.454 e. The molecule has 2 aliphatic rings. The average molecular weight is 353 g/mol. The number of benzene rings is 2. The number of aryl methyl sites for hydroxylation is 1. The first-order chi connectivity index (χ1) is 12.7. The number of carbonyl (C=O) groups is 1. The fraction of sp³-hybridized carbons (Fsp3) is 0.350. The Morgan fingerprint density at radius 1 is 1.04 bits per heavy atom. The molecule has 2 heterocycles. The topological polar surface area (TPSA) is 45.3 Å². The molecule has 1 amide bonds. The van der Waals surface area contributed by atoms with Gasteiger partial charge in [0.2, 0.25) is 13.2 Å². The molecule has 1 fully saturated rings. The Bertz CT molecular complexity index is 788. The van der Waals surface area contributed by atoms with Gasteiger partial charge in [0.1, 0.15) is 0 Å². The van der Waals surface area contributed by atoms with Crippen LogP contribution in [0.15, 0.2) is 42.5 Å². The molecule has 0 N–H and O–H groups in total. The van der Waals surface area contributed by atoms with E-state index in [0.29, 0.717) is 6.79 Å². The van der Waals surface area contributed by atoms with E-state index < -0.39 is 0 Å². The fourth-order valence-corrected chi connectivity index (χ4v) is 3.50. The number of fused-ring (bicyclic) bond motifs is 1. The molecule has 0 saturated carbocycles. The van der Waals surface area contributed by atoms with Crippen LogP contribution in [0.2, 0.25) is 0 Å². The maximum atomic E-state index is 11.7. The monoisotopic (exact) mass is 353 g/mol. The SMILES string of the molecule is Cc1ccccc1N(C=O)N1CCN(Cc2ccc3c(c2)OCO3)CC1. The van der Waals surface area contributed by atoms with E-state index in [0.717, 1.165) is 61.9 Å². The summed E-state index contributed by atoms with van der Waals surface area (Å²) in [5, 5.41) is 3.86. The van der Waals surface area contributed by atoms with Gasteiger partial charge in [-0.05, 0) is 36.2 Å². The third-order valence-electron chi connectivity index (χ3n) is 4.96. The van der Waals surface area contributed by atoms with Gasteiger partial charge in [0.15, 0.2) is 11.5 Å². The van der Waals surface area contributed by atoms with Crippen molar-refractivity contribution >= 4 is 12.1 Å². The van der Waals surface area contributed by atoms with E-state index in [-0.39, 0.29) is 0 Å². The number of piperazine rings is 1. The number of hydrogen-bond donors (Lipinski definition) is 0. The summed E-state index contributed by atoms with van der Waals surface area (Å²) in [6, 6.07) is 14.1. The van der Waals surface area contributed by atoms with Crippen molar-refractivity contribution in [3.8, 4) is 11.5 Å². The van der Waals surface area contributed by atoms with Crippen LogP contribution in [0.3, 0.4) is 0 Å². The second-order valence-electron chi connectivity index (χ2n) is 6.65. The minimum Gasteiger partial charge on any atom is -0.454 e. The van der Waals surface area contributed by atoms with Crippen LogP contribution in [0.25, 0.3) is 0 Å². The summed E-state index contributed by atoms with van der Waals surface area (Å²) in [7, 11) is 0. The van der Waals surface area contributed by atoms with E-state index in [1.165, 1.54) is 5.56 Å². The Hall–Kier alpha value is -2.57. The standard InChI is InChI=1S/C20H23N3O3/c1-16-4-2-3-5-18(16)23(14-24)22-10-8-21(9-11-22)13-17-6-7-19-20(12-17)26-15-25-19/h2-7,12,14H,8-11,13,15H2,1H3.